The van der Waals surface area contributed by atoms with Crippen LogP contribution in [0.3, 0.4) is 0 Å². The SMILES string of the molecule is C[C@@H](N)CC1(c2nc(=O)on2C2CCCCC2)c2ccc(C(N)=O)cc2CCc2cc(C(N)=O)ccc21. The van der Waals surface area contributed by atoms with Crippen molar-refractivity contribution < 1.29 is 14.1 Å². The van der Waals surface area contributed by atoms with Gasteiger partial charge in [-0.25, -0.2) is 4.79 Å². The molecular formula is C28H33N5O4. The summed E-state index contributed by atoms with van der Waals surface area (Å²) in [6.07, 6.45) is 6.64. The number of benzene rings is 2. The number of primary amides is 2. The quantitative estimate of drug-likeness (QED) is 0.469. The van der Waals surface area contributed by atoms with Crippen molar-refractivity contribution in [1.82, 2.24) is 9.72 Å². The van der Waals surface area contributed by atoms with Gasteiger partial charge in [-0.05, 0) is 85.5 Å². The van der Waals surface area contributed by atoms with Gasteiger partial charge in [0.15, 0.2) is 5.82 Å². The van der Waals surface area contributed by atoms with Gasteiger partial charge in [0.1, 0.15) is 0 Å². The summed E-state index contributed by atoms with van der Waals surface area (Å²) < 4.78 is 7.48. The number of hydrogen-bond donors (Lipinski definition) is 3. The highest BCUT2D eigenvalue weighted by Gasteiger charge is 2.47. The predicted octanol–water partition coefficient (Wildman–Crippen LogP) is 2.71. The van der Waals surface area contributed by atoms with E-state index >= 15 is 0 Å². The number of fused-ring (bicyclic) bond motifs is 2. The van der Waals surface area contributed by atoms with E-state index in [4.69, 9.17) is 21.7 Å². The number of carbonyl (C=O) groups excluding carboxylic acids is 2. The Morgan fingerprint density at radius 3 is 2.03 bits per heavy atom. The number of hydrogen-bond acceptors (Lipinski definition) is 6. The Morgan fingerprint density at radius 2 is 1.54 bits per heavy atom. The van der Waals surface area contributed by atoms with Gasteiger partial charge in [-0.15, -0.1) is 0 Å². The minimum atomic E-state index is -0.953. The van der Waals surface area contributed by atoms with E-state index in [0.29, 0.717) is 36.2 Å². The molecule has 0 spiro atoms. The Morgan fingerprint density at radius 1 is 1.00 bits per heavy atom. The van der Waals surface area contributed by atoms with Gasteiger partial charge in [0.25, 0.3) is 0 Å². The molecule has 6 N–H and O–H groups in total. The molecule has 2 aliphatic rings. The van der Waals surface area contributed by atoms with Crippen LogP contribution in [0.15, 0.2) is 45.7 Å². The molecule has 37 heavy (non-hydrogen) atoms. The molecule has 1 fully saturated rings. The van der Waals surface area contributed by atoms with Crippen LogP contribution in [0.2, 0.25) is 0 Å². The van der Waals surface area contributed by atoms with Crippen molar-refractivity contribution in [1.29, 1.82) is 0 Å². The van der Waals surface area contributed by atoms with Gasteiger partial charge in [-0.3, -0.25) is 9.59 Å². The number of carbonyl (C=O) groups is 2. The zero-order chi connectivity index (χ0) is 26.3. The third-order valence-corrected chi connectivity index (χ3v) is 7.86. The summed E-state index contributed by atoms with van der Waals surface area (Å²) in [4.78, 5) is 41.4. The second-order valence-corrected chi connectivity index (χ2v) is 10.5. The van der Waals surface area contributed by atoms with Crippen LogP contribution in [0.25, 0.3) is 0 Å². The Labute approximate surface area is 215 Å². The number of rotatable bonds is 6. The molecule has 3 aromatic rings. The van der Waals surface area contributed by atoms with Gasteiger partial charge in [0, 0.05) is 17.2 Å². The Balaban J connectivity index is 1.87. The number of nitrogens with zero attached hydrogens (tertiary/aromatic N) is 2. The van der Waals surface area contributed by atoms with E-state index in [1.165, 1.54) is 0 Å². The van der Waals surface area contributed by atoms with Gasteiger partial charge in [-0.2, -0.15) is 9.72 Å². The molecular weight excluding hydrogens is 470 g/mol. The second-order valence-electron chi connectivity index (χ2n) is 10.5. The fourth-order valence-electron chi connectivity index (χ4n) is 6.32. The van der Waals surface area contributed by atoms with Crippen molar-refractivity contribution >= 4 is 11.8 Å². The molecule has 0 aliphatic heterocycles. The lowest BCUT2D eigenvalue weighted by Crippen LogP contribution is -2.40. The lowest BCUT2D eigenvalue weighted by Gasteiger charge is -2.38. The topological polar surface area (TPSA) is 160 Å². The van der Waals surface area contributed by atoms with Gasteiger partial charge in [0.05, 0.1) is 11.5 Å². The van der Waals surface area contributed by atoms with Crippen molar-refractivity contribution in [2.45, 2.75) is 75.8 Å². The second kappa shape index (κ2) is 9.63. The molecule has 9 nitrogen and oxygen atoms in total. The summed E-state index contributed by atoms with van der Waals surface area (Å²) in [6.45, 7) is 1.92. The lowest BCUT2D eigenvalue weighted by molar-refractivity contribution is 0.0991. The summed E-state index contributed by atoms with van der Waals surface area (Å²) in [7, 11) is 0. The number of aromatic nitrogens is 2. The molecule has 0 unspecified atom stereocenters. The average Bonchev–Trinajstić information content (AvgIpc) is 3.22. The minimum Gasteiger partial charge on any atom is -0.366 e. The Kier molecular flexibility index (Phi) is 6.49. The van der Waals surface area contributed by atoms with Crippen molar-refractivity contribution in [3.8, 4) is 0 Å². The van der Waals surface area contributed by atoms with Crippen molar-refractivity contribution in [3.05, 3.63) is 86.2 Å². The normalized spacial score (nSPS) is 17.9. The highest BCUT2D eigenvalue weighted by atomic mass is 16.5. The molecule has 1 heterocycles. The van der Waals surface area contributed by atoms with E-state index in [1.54, 1.807) is 16.9 Å². The molecule has 9 heteroatoms. The molecule has 0 radical (unpaired) electrons. The maximum Gasteiger partial charge on any atom is 0.459 e. The fraction of sp³-hybridized carbons (Fsp3) is 0.429. The predicted molar refractivity (Wildman–Crippen MR) is 138 cm³/mol. The first-order valence-electron chi connectivity index (χ1n) is 12.9. The first-order chi connectivity index (χ1) is 17.7. The molecule has 0 saturated heterocycles. The highest BCUT2D eigenvalue weighted by Crippen LogP contribution is 2.48. The summed E-state index contributed by atoms with van der Waals surface area (Å²) in [5.41, 5.74) is 21.2. The molecule has 2 aromatic carbocycles. The van der Waals surface area contributed by atoms with Crippen LogP contribution in [0.1, 0.15) is 100 Å². The van der Waals surface area contributed by atoms with Gasteiger partial charge in [-0.1, -0.05) is 31.4 Å². The summed E-state index contributed by atoms with van der Waals surface area (Å²) in [5.74, 6) is -1.18. The molecule has 1 atom stereocenters. The lowest BCUT2D eigenvalue weighted by atomic mass is 9.67. The zero-order valence-corrected chi connectivity index (χ0v) is 21.0. The molecule has 1 aromatic heterocycles. The monoisotopic (exact) mass is 503 g/mol. The number of amides is 2. The fourth-order valence-corrected chi connectivity index (χ4v) is 6.32. The summed E-state index contributed by atoms with van der Waals surface area (Å²) in [6, 6.07) is 10.6. The molecule has 2 aliphatic carbocycles. The van der Waals surface area contributed by atoms with E-state index in [9.17, 15) is 14.4 Å². The van der Waals surface area contributed by atoms with Crippen LogP contribution < -0.4 is 23.0 Å². The van der Waals surface area contributed by atoms with Crippen molar-refractivity contribution in [2.24, 2.45) is 17.2 Å². The largest absolute Gasteiger partial charge is 0.459 e. The number of nitrogens with two attached hydrogens (primary N) is 3. The van der Waals surface area contributed by atoms with Crippen LogP contribution in [-0.4, -0.2) is 27.6 Å². The van der Waals surface area contributed by atoms with Crippen molar-refractivity contribution in [3.63, 3.8) is 0 Å². The molecule has 2 amide bonds. The van der Waals surface area contributed by atoms with E-state index < -0.39 is 23.0 Å². The summed E-state index contributed by atoms with van der Waals surface area (Å²) >= 11 is 0. The molecule has 1 saturated carbocycles. The van der Waals surface area contributed by atoms with E-state index in [1.807, 2.05) is 31.2 Å². The van der Waals surface area contributed by atoms with Crippen LogP contribution in [0.4, 0.5) is 0 Å². The Bertz CT molecular complexity index is 1350. The number of aryl methyl sites for hydroxylation is 2. The summed E-state index contributed by atoms with van der Waals surface area (Å²) in [5, 5.41) is 0. The standard InChI is InChI=1S/C28H33N5O4/c1-16(29)15-28(26-32-27(36)37-33(26)21-5-3-2-4-6-21)22-11-9-19(24(30)34)13-17(22)7-8-18-14-20(25(31)35)10-12-23(18)28/h9-14,16,21H,2-8,15,29H2,1H3,(H2,30,34)(H2,31,35)/t16-/m1/s1. The van der Waals surface area contributed by atoms with Crippen LogP contribution in [0.5, 0.6) is 0 Å². The third kappa shape index (κ3) is 4.37. The third-order valence-electron chi connectivity index (χ3n) is 7.86. The Hall–Kier alpha value is -3.72. The van der Waals surface area contributed by atoms with Crippen LogP contribution >= 0.6 is 0 Å². The maximum atomic E-state index is 12.8. The average molecular weight is 504 g/mol. The van der Waals surface area contributed by atoms with Gasteiger partial charge in [0.2, 0.25) is 11.8 Å². The van der Waals surface area contributed by atoms with Crippen LogP contribution in [-0.2, 0) is 18.3 Å². The van der Waals surface area contributed by atoms with Crippen molar-refractivity contribution in [2.75, 3.05) is 0 Å². The first kappa shape index (κ1) is 25.0. The molecule has 0 bridgehead atoms. The van der Waals surface area contributed by atoms with Gasteiger partial charge < -0.3 is 21.7 Å². The van der Waals surface area contributed by atoms with E-state index in [0.717, 1.165) is 54.4 Å². The molecule has 194 valence electrons. The highest BCUT2D eigenvalue weighted by molar-refractivity contribution is 5.94. The smallest absolute Gasteiger partial charge is 0.366 e. The first-order valence-corrected chi connectivity index (χ1v) is 12.9. The van der Waals surface area contributed by atoms with E-state index in [2.05, 4.69) is 4.98 Å². The van der Waals surface area contributed by atoms with Crippen LogP contribution in [0, 0.1) is 0 Å². The van der Waals surface area contributed by atoms with E-state index in [-0.39, 0.29) is 12.1 Å². The minimum absolute atomic E-state index is 0.00819. The molecule has 5 rings (SSSR count). The maximum absolute atomic E-state index is 12.8. The zero-order valence-electron chi connectivity index (χ0n) is 21.0. The van der Waals surface area contributed by atoms with Gasteiger partial charge >= 0.3 is 5.76 Å².